The van der Waals surface area contributed by atoms with E-state index in [9.17, 15) is 19.2 Å². The number of aliphatic carboxylic acids is 1. The molecule has 1 saturated heterocycles. The van der Waals surface area contributed by atoms with Gasteiger partial charge in [-0.25, -0.2) is 0 Å². The fraction of sp³-hybridized carbons (Fsp3) is 0.667. The van der Waals surface area contributed by atoms with E-state index >= 15 is 0 Å². The molecule has 1 unspecified atom stereocenters. The number of carboxylic acid groups (broad SMARTS) is 1. The number of hydrogen-bond acceptors (Lipinski definition) is 4. The summed E-state index contributed by atoms with van der Waals surface area (Å²) in [5.41, 5.74) is -0.788. The summed E-state index contributed by atoms with van der Waals surface area (Å²) in [5, 5.41) is 10.5. The molecule has 0 aromatic rings. The number of rotatable bonds is 5. The highest BCUT2D eigenvalue weighted by Crippen LogP contribution is 2.38. The molecule has 1 atom stereocenters. The van der Waals surface area contributed by atoms with Gasteiger partial charge in [-0.1, -0.05) is 13.8 Å². The van der Waals surface area contributed by atoms with Crippen molar-refractivity contribution >= 4 is 23.7 Å². The Labute approximate surface area is 110 Å². The standard InChI is InChI=1S/C12H18N2O5/c1-7(2)12(3)4-9(16)14(11(12)19)6-8(15)13-5-10(17)18/h7H,4-6H2,1-3H3,(H,13,15)(H,17,18). The quantitative estimate of drug-likeness (QED) is 0.662. The lowest BCUT2D eigenvalue weighted by atomic mass is 9.78. The van der Waals surface area contributed by atoms with Crippen LogP contribution >= 0.6 is 0 Å². The first-order chi connectivity index (χ1) is 8.68. The highest BCUT2D eigenvalue weighted by Gasteiger charge is 2.50. The molecule has 0 saturated carbocycles. The van der Waals surface area contributed by atoms with Crippen LogP contribution in [0.3, 0.4) is 0 Å². The molecule has 0 radical (unpaired) electrons. The minimum atomic E-state index is -1.18. The molecule has 2 N–H and O–H groups in total. The largest absolute Gasteiger partial charge is 0.480 e. The molecule has 0 spiro atoms. The van der Waals surface area contributed by atoms with Gasteiger partial charge in [0.25, 0.3) is 0 Å². The van der Waals surface area contributed by atoms with Gasteiger partial charge in [-0.15, -0.1) is 0 Å². The summed E-state index contributed by atoms with van der Waals surface area (Å²) in [6.45, 7) is 4.44. The van der Waals surface area contributed by atoms with Crippen molar-refractivity contribution in [3.63, 3.8) is 0 Å². The minimum absolute atomic E-state index is 0.0176. The Morgan fingerprint density at radius 2 is 2.00 bits per heavy atom. The zero-order chi connectivity index (χ0) is 14.8. The van der Waals surface area contributed by atoms with Crippen molar-refractivity contribution in [2.24, 2.45) is 11.3 Å². The molecule has 1 fully saturated rings. The average molecular weight is 270 g/mol. The molecule has 19 heavy (non-hydrogen) atoms. The predicted octanol–water partition coefficient (Wildman–Crippen LogP) is -0.392. The van der Waals surface area contributed by atoms with Crippen molar-refractivity contribution in [3.05, 3.63) is 0 Å². The van der Waals surface area contributed by atoms with Gasteiger partial charge in [0.1, 0.15) is 13.1 Å². The fourth-order valence-electron chi connectivity index (χ4n) is 1.89. The third-order valence-corrected chi connectivity index (χ3v) is 3.57. The van der Waals surface area contributed by atoms with Gasteiger partial charge in [-0.3, -0.25) is 24.1 Å². The van der Waals surface area contributed by atoms with Crippen molar-refractivity contribution < 1.29 is 24.3 Å². The van der Waals surface area contributed by atoms with E-state index in [1.165, 1.54) is 0 Å². The van der Waals surface area contributed by atoms with Crippen molar-refractivity contribution in [3.8, 4) is 0 Å². The van der Waals surface area contributed by atoms with E-state index in [1.807, 2.05) is 13.8 Å². The normalized spacial score (nSPS) is 23.1. The molecule has 7 heteroatoms. The molecule has 106 valence electrons. The van der Waals surface area contributed by atoms with Gasteiger partial charge in [0, 0.05) is 6.42 Å². The molecule has 0 bridgehead atoms. The van der Waals surface area contributed by atoms with Crippen molar-refractivity contribution in [1.82, 2.24) is 10.2 Å². The Morgan fingerprint density at radius 3 is 2.42 bits per heavy atom. The molecular weight excluding hydrogens is 252 g/mol. The number of nitrogens with one attached hydrogen (secondary N) is 1. The van der Waals surface area contributed by atoms with Crippen molar-refractivity contribution in [2.45, 2.75) is 27.2 Å². The van der Waals surface area contributed by atoms with Gasteiger partial charge in [0.15, 0.2) is 0 Å². The molecule has 0 aromatic heterocycles. The van der Waals surface area contributed by atoms with Crippen LogP contribution in [-0.2, 0) is 19.2 Å². The number of carbonyl (C=O) groups excluding carboxylic acids is 3. The predicted molar refractivity (Wildman–Crippen MR) is 64.9 cm³/mol. The van der Waals surface area contributed by atoms with E-state index in [0.717, 1.165) is 4.90 Å². The maximum absolute atomic E-state index is 12.2. The maximum atomic E-state index is 12.2. The lowest BCUT2D eigenvalue weighted by molar-refractivity contribution is -0.145. The molecule has 0 aliphatic carbocycles. The Bertz CT molecular complexity index is 432. The van der Waals surface area contributed by atoms with Crippen LogP contribution in [0.25, 0.3) is 0 Å². The summed E-state index contributed by atoms with van der Waals surface area (Å²) in [4.78, 5) is 46.6. The number of amides is 3. The smallest absolute Gasteiger partial charge is 0.322 e. The summed E-state index contributed by atoms with van der Waals surface area (Å²) >= 11 is 0. The van der Waals surface area contributed by atoms with E-state index < -0.39 is 36.3 Å². The molecule has 7 nitrogen and oxygen atoms in total. The molecular formula is C12H18N2O5. The molecule has 3 amide bonds. The summed E-state index contributed by atoms with van der Waals surface area (Å²) in [5.74, 6) is -2.63. The molecule has 1 heterocycles. The average Bonchev–Trinajstić information content (AvgIpc) is 2.51. The van der Waals surface area contributed by atoms with Crippen LogP contribution in [0.2, 0.25) is 0 Å². The van der Waals surface area contributed by atoms with Crippen LogP contribution < -0.4 is 5.32 Å². The Morgan fingerprint density at radius 1 is 1.42 bits per heavy atom. The number of carboxylic acids is 1. The van der Waals surface area contributed by atoms with E-state index in [4.69, 9.17) is 5.11 Å². The Kier molecular flexibility index (Phi) is 4.28. The van der Waals surface area contributed by atoms with Crippen LogP contribution in [0.15, 0.2) is 0 Å². The zero-order valence-electron chi connectivity index (χ0n) is 11.2. The summed E-state index contributed by atoms with van der Waals surface area (Å²) in [6, 6.07) is 0. The van der Waals surface area contributed by atoms with Gasteiger partial charge in [-0.05, 0) is 12.8 Å². The first kappa shape index (κ1) is 15.1. The lowest BCUT2D eigenvalue weighted by Gasteiger charge is -2.25. The van der Waals surface area contributed by atoms with Crippen molar-refractivity contribution in [1.29, 1.82) is 0 Å². The van der Waals surface area contributed by atoms with E-state index in [2.05, 4.69) is 5.32 Å². The van der Waals surface area contributed by atoms with Crippen LogP contribution in [0.1, 0.15) is 27.2 Å². The summed E-state index contributed by atoms with van der Waals surface area (Å²) in [7, 11) is 0. The third kappa shape index (κ3) is 3.10. The van der Waals surface area contributed by atoms with Crippen LogP contribution in [-0.4, -0.2) is 46.8 Å². The van der Waals surface area contributed by atoms with E-state index in [0.29, 0.717) is 0 Å². The van der Waals surface area contributed by atoms with Gasteiger partial charge < -0.3 is 10.4 Å². The zero-order valence-corrected chi connectivity index (χ0v) is 11.2. The molecule has 0 aromatic carbocycles. The minimum Gasteiger partial charge on any atom is -0.480 e. The van der Waals surface area contributed by atoms with Gasteiger partial charge >= 0.3 is 5.97 Å². The number of likely N-dealkylation sites (tertiary alicyclic amines) is 1. The Hall–Kier alpha value is -1.92. The summed E-state index contributed by atoms with van der Waals surface area (Å²) in [6.07, 6.45) is 0.0791. The van der Waals surface area contributed by atoms with E-state index in [-0.39, 0.29) is 18.2 Å². The highest BCUT2D eigenvalue weighted by atomic mass is 16.4. The van der Waals surface area contributed by atoms with Gasteiger partial charge in [0.05, 0.1) is 5.41 Å². The molecule has 1 aliphatic rings. The second-order valence-electron chi connectivity index (χ2n) is 5.20. The van der Waals surface area contributed by atoms with Crippen LogP contribution in [0.5, 0.6) is 0 Å². The number of hydrogen-bond donors (Lipinski definition) is 2. The second-order valence-corrected chi connectivity index (χ2v) is 5.20. The van der Waals surface area contributed by atoms with E-state index in [1.54, 1.807) is 6.92 Å². The van der Waals surface area contributed by atoms with Crippen LogP contribution in [0, 0.1) is 11.3 Å². The first-order valence-corrected chi connectivity index (χ1v) is 6.01. The SMILES string of the molecule is CC(C)C1(C)CC(=O)N(CC(=O)NCC(=O)O)C1=O. The third-order valence-electron chi connectivity index (χ3n) is 3.57. The monoisotopic (exact) mass is 270 g/mol. The Balaban J connectivity index is 2.70. The van der Waals surface area contributed by atoms with Crippen molar-refractivity contribution in [2.75, 3.05) is 13.1 Å². The maximum Gasteiger partial charge on any atom is 0.322 e. The fourth-order valence-corrected chi connectivity index (χ4v) is 1.89. The highest BCUT2D eigenvalue weighted by molar-refractivity contribution is 6.08. The number of imide groups is 1. The van der Waals surface area contributed by atoms with Gasteiger partial charge in [-0.2, -0.15) is 0 Å². The topological polar surface area (TPSA) is 104 Å². The number of nitrogens with zero attached hydrogens (tertiary/aromatic N) is 1. The summed E-state index contributed by atoms with van der Waals surface area (Å²) < 4.78 is 0. The molecule has 1 rings (SSSR count). The lowest BCUT2D eigenvalue weighted by Crippen LogP contribution is -2.44. The van der Waals surface area contributed by atoms with Gasteiger partial charge in [0.2, 0.25) is 17.7 Å². The molecule has 1 aliphatic heterocycles. The first-order valence-electron chi connectivity index (χ1n) is 6.01. The number of carbonyl (C=O) groups is 4. The second kappa shape index (κ2) is 5.38. The van der Waals surface area contributed by atoms with Crippen LogP contribution in [0.4, 0.5) is 0 Å².